The summed E-state index contributed by atoms with van der Waals surface area (Å²) in [6.07, 6.45) is 50.6. The average molecular weight is 833 g/mol. The second kappa shape index (κ2) is 39.6. The monoisotopic (exact) mass is 833 g/mol. The van der Waals surface area contributed by atoms with Gasteiger partial charge in [-0.3, -0.25) is 18.6 Å². The standard InChI is InChI=1S/C48H82NO8P/c1-6-8-10-12-14-16-18-20-22-23-24-25-27-28-30-32-34-36-38-40-47(50)54-44-46(45-56-58(52,53)55-43-42-49(3,4)5)57-48(51)41-39-37-35-33-31-29-26-21-19-17-15-13-11-9-7-2/h8,10,14,16-17,19-22,24-26,28,30,46H,6-7,9,11-13,15,18,23,27,29,31-45H2,1-5H3/p+1/b10-8+,16-14+,19-17+,22-20+,25-24+,26-21+,30-28+/t46-/m1/s1. The minimum atomic E-state index is -4.39. The number of allylic oxidation sites excluding steroid dienone is 14. The largest absolute Gasteiger partial charge is 0.472 e. The van der Waals surface area contributed by atoms with Gasteiger partial charge in [0, 0.05) is 12.8 Å². The zero-order valence-electron chi connectivity index (χ0n) is 37.2. The number of rotatable bonds is 39. The summed E-state index contributed by atoms with van der Waals surface area (Å²) in [5.41, 5.74) is 0. The molecule has 9 nitrogen and oxygen atoms in total. The van der Waals surface area contributed by atoms with Crippen molar-refractivity contribution in [2.75, 3.05) is 47.5 Å². The number of phosphoric acid groups is 1. The molecule has 2 atom stereocenters. The van der Waals surface area contributed by atoms with Gasteiger partial charge in [0.15, 0.2) is 6.10 Å². The second-order valence-electron chi connectivity index (χ2n) is 15.7. The van der Waals surface area contributed by atoms with E-state index in [4.69, 9.17) is 18.5 Å². The van der Waals surface area contributed by atoms with Gasteiger partial charge in [0.1, 0.15) is 19.8 Å². The van der Waals surface area contributed by atoms with Crippen LogP contribution in [0.3, 0.4) is 0 Å². The van der Waals surface area contributed by atoms with E-state index in [1.165, 1.54) is 25.7 Å². The average Bonchev–Trinajstić information content (AvgIpc) is 3.17. The number of quaternary nitrogens is 1. The van der Waals surface area contributed by atoms with Crippen LogP contribution in [0, 0.1) is 0 Å². The zero-order chi connectivity index (χ0) is 42.8. The molecule has 1 unspecified atom stereocenters. The van der Waals surface area contributed by atoms with Crippen LogP contribution in [0.25, 0.3) is 0 Å². The molecule has 58 heavy (non-hydrogen) atoms. The Morgan fingerprint density at radius 3 is 1.59 bits per heavy atom. The summed E-state index contributed by atoms with van der Waals surface area (Å²) in [6.45, 7) is 4.21. The van der Waals surface area contributed by atoms with E-state index in [9.17, 15) is 19.0 Å². The molecule has 0 bridgehead atoms. The van der Waals surface area contributed by atoms with Gasteiger partial charge in [0.25, 0.3) is 0 Å². The lowest BCUT2D eigenvalue weighted by atomic mass is 10.1. The maximum absolute atomic E-state index is 12.7. The molecule has 0 fully saturated rings. The summed E-state index contributed by atoms with van der Waals surface area (Å²) in [5.74, 6) is -0.863. The predicted octanol–water partition coefficient (Wildman–Crippen LogP) is 12.8. The quantitative estimate of drug-likeness (QED) is 0.0163. The molecule has 0 radical (unpaired) electrons. The number of nitrogens with zero attached hydrogens (tertiary/aromatic N) is 1. The number of likely N-dealkylation sites (N-methyl/N-ethyl adjacent to an activating group) is 1. The van der Waals surface area contributed by atoms with Crippen molar-refractivity contribution in [3.05, 3.63) is 85.1 Å². The predicted molar refractivity (Wildman–Crippen MR) is 242 cm³/mol. The molecule has 0 heterocycles. The van der Waals surface area contributed by atoms with Crippen molar-refractivity contribution in [1.29, 1.82) is 0 Å². The van der Waals surface area contributed by atoms with Crippen LogP contribution in [0.1, 0.15) is 155 Å². The Kier molecular flexibility index (Phi) is 37.7. The molecule has 0 aliphatic carbocycles. The summed E-state index contributed by atoms with van der Waals surface area (Å²) in [4.78, 5) is 35.4. The van der Waals surface area contributed by atoms with E-state index in [1.54, 1.807) is 0 Å². The molecule has 332 valence electrons. The van der Waals surface area contributed by atoms with E-state index in [2.05, 4.69) is 98.9 Å². The van der Waals surface area contributed by atoms with Gasteiger partial charge in [0.2, 0.25) is 0 Å². The molecule has 0 rings (SSSR count). The summed E-state index contributed by atoms with van der Waals surface area (Å²) in [7, 11) is 1.43. The number of esters is 2. The lowest BCUT2D eigenvalue weighted by Crippen LogP contribution is -2.37. The van der Waals surface area contributed by atoms with E-state index < -0.39 is 32.5 Å². The van der Waals surface area contributed by atoms with Gasteiger partial charge in [-0.25, -0.2) is 4.57 Å². The first-order valence-electron chi connectivity index (χ1n) is 22.3. The summed E-state index contributed by atoms with van der Waals surface area (Å²) >= 11 is 0. The van der Waals surface area contributed by atoms with Crippen molar-refractivity contribution in [1.82, 2.24) is 0 Å². The SMILES string of the molecule is CC/C=C/C/C=C/C/C=C/C/C=C/C/C=C/CCCCCC(=O)OC[C@H](COP(=O)(O)OCC[N+](C)(C)C)OC(=O)CCCCCCC/C=C/C=C/CCCCCC. The van der Waals surface area contributed by atoms with Gasteiger partial charge in [0.05, 0.1) is 27.7 Å². The second-order valence-corrected chi connectivity index (χ2v) is 17.2. The highest BCUT2D eigenvalue weighted by atomic mass is 31.2. The molecule has 0 aromatic rings. The molecule has 0 aromatic heterocycles. The Labute approximate surface area is 354 Å². The molecule has 0 amide bonds. The number of ether oxygens (including phenoxy) is 2. The molecule has 0 saturated carbocycles. The van der Waals surface area contributed by atoms with Crippen molar-refractivity contribution in [2.45, 2.75) is 161 Å². The van der Waals surface area contributed by atoms with Crippen LogP contribution >= 0.6 is 7.82 Å². The first-order chi connectivity index (χ1) is 28.0. The van der Waals surface area contributed by atoms with Crippen molar-refractivity contribution in [2.24, 2.45) is 0 Å². The molecular weight excluding hydrogens is 750 g/mol. The minimum absolute atomic E-state index is 0.0182. The van der Waals surface area contributed by atoms with Gasteiger partial charge >= 0.3 is 19.8 Å². The molecule has 0 aromatic carbocycles. The highest BCUT2D eigenvalue weighted by Crippen LogP contribution is 2.43. The van der Waals surface area contributed by atoms with Gasteiger partial charge in [-0.15, -0.1) is 0 Å². The molecule has 10 heteroatoms. The molecular formula is C48H83NO8P+. The fourth-order valence-corrected chi connectivity index (χ4v) is 6.18. The Morgan fingerprint density at radius 1 is 0.569 bits per heavy atom. The Bertz CT molecular complexity index is 1260. The Balaban J connectivity index is 4.46. The van der Waals surface area contributed by atoms with E-state index in [0.29, 0.717) is 23.9 Å². The van der Waals surface area contributed by atoms with Crippen molar-refractivity contribution in [3.8, 4) is 0 Å². The summed E-state index contributed by atoms with van der Waals surface area (Å²) in [5, 5.41) is 0. The highest BCUT2D eigenvalue weighted by Gasteiger charge is 2.27. The number of hydrogen-bond donors (Lipinski definition) is 1. The van der Waals surface area contributed by atoms with Crippen molar-refractivity contribution in [3.63, 3.8) is 0 Å². The number of carbonyl (C=O) groups excluding carboxylic acids is 2. The van der Waals surface area contributed by atoms with Crippen molar-refractivity contribution >= 4 is 19.8 Å². The molecule has 1 N–H and O–H groups in total. The summed E-state index contributed by atoms with van der Waals surface area (Å²) in [6, 6.07) is 0. The maximum atomic E-state index is 12.7. The topological polar surface area (TPSA) is 108 Å². The van der Waals surface area contributed by atoms with Crippen LogP contribution in [-0.2, 0) is 32.7 Å². The molecule has 0 saturated heterocycles. The third-order valence-corrected chi connectivity index (χ3v) is 9.92. The fourth-order valence-electron chi connectivity index (χ4n) is 5.44. The summed E-state index contributed by atoms with van der Waals surface area (Å²) < 4.78 is 34.3. The van der Waals surface area contributed by atoms with Crippen LogP contribution in [-0.4, -0.2) is 74.9 Å². The third-order valence-electron chi connectivity index (χ3n) is 8.94. The third kappa shape index (κ3) is 42.8. The van der Waals surface area contributed by atoms with Crippen molar-refractivity contribution < 1.29 is 42.1 Å². The van der Waals surface area contributed by atoms with Gasteiger partial charge in [-0.2, -0.15) is 0 Å². The van der Waals surface area contributed by atoms with Gasteiger partial charge < -0.3 is 18.9 Å². The number of unbranched alkanes of at least 4 members (excludes halogenated alkanes) is 12. The van der Waals surface area contributed by atoms with Crippen LogP contribution in [0.15, 0.2) is 85.1 Å². The first-order valence-corrected chi connectivity index (χ1v) is 23.8. The number of carbonyl (C=O) groups is 2. The lowest BCUT2D eigenvalue weighted by Gasteiger charge is -2.24. The van der Waals surface area contributed by atoms with Crippen LogP contribution < -0.4 is 0 Å². The van der Waals surface area contributed by atoms with Crippen LogP contribution in [0.2, 0.25) is 0 Å². The van der Waals surface area contributed by atoms with Crippen LogP contribution in [0.4, 0.5) is 0 Å². The molecule has 0 spiro atoms. The van der Waals surface area contributed by atoms with Gasteiger partial charge in [-0.1, -0.05) is 144 Å². The number of phosphoric ester groups is 1. The lowest BCUT2D eigenvalue weighted by molar-refractivity contribution is -0.870. The van der Waals surface area contributed by atoms with E-state index >= 15 is 0 Å². The van der Waals surface area contributed by atoms with Gasteiger partial charge in [-0.05, 0) is 83.5 Å². The molecule has 0 aliphatic rings. The van der Waals surface area contributed by atoms with E-state index in [-0.39, 0.29) is 26.1 Å². The minimum Gasteiger partial charge on any atom is -0.462 e. The fraction of sp³-hybridized carbons (Fsp3) is 0.667. The first kappa shape index (κ1) is 55.2. The zero-order valence-corrected chi connectivity index (χ0v) is 38.1. The van der Waals surface area contributed by atoms with Crippen LogP contribution in [0.5, 0.6) is 0 Å². The number of hydrogen-bond acceptors (Lipinski definition) is 7. The Hall–Kier alpha value is -2.81. The maximum Gasteiger partial charge on any atom is 0.472 e. The normalized spacial score (nSPS) is 14.4. The van der Waals surface area contributed by atoms with E-state index in [0.717, 1.165) is 89.9 Å². The van der Waals surface area contributed by atoms with E-state index in [1.807, 2.05) is 21.1 Å². The smallest absolute Gasteiger partial charge is 0.462 e. The molecule has 0 aliphatic heterocycles. The Morgan fingerprint density at radius 2 is 1.03 bits per heavy atom. The highest BCUT2D eigenvalue weighted by molar-refractivity contribution is 7.47.